The molecule has 3 aromatic rings. The Morgan fingerprint density at radius 2 is 1.81 bits per heavy atom. The Labute approximate surface area is 244 Å². The molecule has 0 atom stereocenters. The average molecular weight is 609 g/mol. The molecule has 2 aromatic carbocycles. The number of amides is 2. The Bertz CT molecular complexity index is 1470. The van der Waals surface area contributed by atoms with Gasteiger partial charge in [0.2, 0.25) is 11.7 Å². The van der Waals surface area contributed by atoms with Crippen molar-refractivity contribution in [2.24, 2.45) is 13.0 Å². The Kier molecular flexibility index (Phi) is 8.88. The van der Waals surface area contributed by atoms with Crippen LogP contribution in [0, 0.1) is 17.6 Å². The third-order valence-corrected chi connectivity index (χ3v) is 7.84. The van der Waals surface area contributed by atoms with Gasteiger partial charge in [-0.05, 0) is 49.3 Å². The van der Waals surface area contributed by atoms with E-state index in [1.54, 1.807) is 30.1 Å². The molecule has 0 unspecified atom stereocenters. The highest BCUT2D eigenvalue weighted by Gasteiger charge is 2.29. The molecule has 0 spiro atoms. The summed E-state index contributed by atoms with van der Waals surface area (Å²) < 4.78 is 59.2. The number of rotatable bonds is 9. The highest BCUT2D eigenvalue weighted by atomic mass is 35.5. The van der Waals surface area contributed by atoms with Gasteiger partial charge < -0.3 is 29.7 Å². The predicted molar refractivity (Wildman–Crippen MR) is 147 cm³/mol. The van der Waals surface area contributed by atoms with Gasteiger partial charge in [0.25, 0.3) is 5.91 Å². The van der Waals surface area contributed by atoms with Crippen molar-refractivity contribution in [3.63, 3.8) is 0 Å². The summed E-state index contributed by atoms with van der Waals surface area (Å²) in [4.78, 5) is 33.3. The molecule has 14 heteroatoms. The van der Waals surface area contributed by atoms with Gasteiger partial charge in [-0.15, -0.1) is 0 Å². The van der Waals surface area contributed by atoms with Crippen LogP contribution in [0.3, 0.4) is 0 Å². The van der Waals surface area contributed by atoms with Crippen molar-refractivity contribution in [3.05, 3.63) is 64.6 Å². The number of carbonyl (C=O) groups is 2. The van der Waals surface area contributed by atoms with Crippen molar-refractivity contribution < 1.29 is 31.9 Å². The van der Waals surface area contributed by atoms with E-state index in [0.717, 1.165) is 25.2 Å². The number of halogens is 5. The largest absolute Gasteiger partial charge is 0.432 e. The molecule has 9 nitrogen and oxygen atoms in total. The van der Waals surface area contributed by atoms with Crippen LogP contribution >= 0.6 is 11.6 Å². The summed E-state index contributed by atoms with van der Waals surface area (Å²) in [5.74, 6) is -2.97. The molecule has 0 radical (unpaired) electrons. The van der Waals surface area contributed by atoms with Crippen molar-refractivity contribution in [2.45, 2.75) is 19.6 Å². The molecule has 2 aliphatic heterocycles. The lowest BCUT2D eigenvalue weighted by atomic mass is 9.98. The lowest BCUT2D eigenvalue weighted by molar-refractivity contribution is -0.134. The summed E-state index contributed by atoms with van der Waals surface area (Å²) >= 11 is 6.46. The summed E-state index contributed by atoms with van der Waals surface area (Å²) in [7, 11) is 1.60. The van der Waals surface area contributed by atoms with Gasteiger partial charge in [0.15, 0.2) is 11.6 Å². The van der Waals surface area contributed by atoms with Gasteiger partial charge in [0.1, 0.15) is 5.82 Å². The molecule has 5 rings (SSSR count). The molecular weight excluding hydrogens is 580 g/mol. The second-order valence-electron chi connectivity index (χ2n) is 10.2. The van der Waals surface area contributed by atoms with Gasteiger partial charge in [-0.3, -0.25) is 9.59 Å². The third kappa shape index (κ3) is 6.31. The topological polar surface area (TPSA) is 91.7 Å². The molecule has 3 heterocycles. The Balaban J connectivity index is 1.18. The first-order valence-corrected chi connectivity index (χ1v) is 13.7. The van der Waals surface area contributed by atoms with Crippen molar-refractivity contribution in [1.29, 1.82) is 0 Å². The molecule has 1 aromatic heterocycles. The van der Waals surface area contributed by atoms with Crippen LogP contribution < -0.4 is 15.4 Å². The molecule has 2 amide bonds. The fourth-order valence-electron chi connectivity index (χ4n) is 4.96. The molecule has 2 fully saturated rings. The quantitative estimate of drug-likeness (QED) is 0.355. The van der Waals surface area contributed by atoms with Gasteiger partial charge in [-0.2, -0.15) is 13.2 Å². The maximum absolute atomic E-state index is 14.6. The van der Waals surface area contributed by atoms with Crippen molar-refractivity contribution >= 4 is 29.1 Å². The van der Waals surface area contributed by atoms with E-state index in [1.807, 2.05) is 4.90 Å². The average Bonchev–Trinajstić information content (AvgIpc) is 3.31. The standard InChI is InChI=1S/C28H29ClF4N6O3/c1-37-21(19-4-5-22(42-28(32)33)26(31)25(19)30)14-36-23(37)15-35-17-2-3-18(20(29)11-17)27(41)39-8-6-38(7-9-39)24(40)10-16-12-34-13-16/h2-5,11,14,16,28,34-35H,6-10,12-13,15H2,1H3. The minimum Gasteiger partial charge on any atom is -0.432 e. The molecule has 42 heavy (non-hydrogen) atoms. The molecule has 0 saturated carbocycles. The van der Waals surface area contributed by atoms with Crippen LogP contribution in [0.2, 0.25) is 5.02 Å². The fourth-order valence-corrected chi connectivity index (χ4v) is 5.22. The van der Waals surface area contributed by atoms with E-state index in [0.29, 0.717) is 55.6 Å². The molecule has 224 valence electrons. The van der Waals surface area contributed by atoms with Crippen LogP contribution in [0.4, 0.5) is 23.2 Å². The normalized spacial score (nSPS) is 15.6. The van der Waals surface area contributed by atoms with E-state index < -0.39 is 24.0 Å². The van der Waals surface area contributed by atoms with Gasteiger partial charge in [0, 0.05) is 50.9 Å². The van der Waals surface area contributed by atoms with Crippen molar-refractivity contribution in [3.8, 4) is 17.0 Å². The maximum Gasteiger partial charge on any atom is 0.387 e. The number of hydrogen-bond acceptors (Lipinski definition) is 6. The number of ether oxygens (including phenoxy) is 1. The van der Waals surface area contributed by atoms with Crippen molar-refractivity contribution in [1.82, 2.24) is 24.7 Å². The summed E-state index contributed by atoms with van der Waals surface area (Å²) in [6, 6.07) is 7.01. The SMILES string of the molecule is Cn1c(-c2ccc(OC(F)F)c(F)c2F)cnc1CNc1ccc(C(=O)N2CCN(C(=O)CC3CNC3)CC2)c(Cl)c1. The third-order valence-electron chi connectivity index (χ3n) is 7.52. The number of hydrogen-bond donors (Lipinski definition) is 2. The predicted octanol–water partition coefficient (Wildman–Crippen LogP) is 4.13. The minimum atomic E-state index is -3.29. The second-order valence-corrected chi connectivity index (χ2v) is 10.6. The molecular formula is C28H29ClF4N6O3. The number of piperazine rings is 1. The first-order chi connectivity index (χ1) is 20.1. The van der Waals surface area contributed by atoms with Crippen molar-refractivity contribution in [2.75, 3.05) is 44.6 Å². The molecule has 2 aliphatic rings. The second kappa shape index (κ2) is 12.6. The first-order valence-electron chi connectivity index (χ1n) is 13.4. The van der Waals surface area contributed by atoms with Gasteiger partial charge >= 0.3 is 6.61 Å². The molecule has 2 N–H and O–H groups in total. The summed E-state index contributed by atoms with van der Waals surface area (Å²) in [6.07, 6.45) is 1.87. The zero-order valence-electron chi connectivity index (χ0n) is 22.7. The zero-order valence-corrected chi connectivity index (χ0v) is 23.4. The minimum absolute atomic E-state index is 0.122. The number of nitrogens with one attached hydrogen (secondary N) is 2. The summed E-state index contributed by atoms with van der Waals surface area (Å²) in [5.41, 5.74) is 1.01. The Morgan fingerprint density at radius 1 is 1.10 bits per heavy atom. The Hall–Kier alpha value is -3.84. The highest BCUT2D eigenvalue weighted by molar-refractivity contribution is 6.34. The van der Waals surface area contributed by atoms with Crippen LogP contribution in [0.25, 0.3) is 11.3 Å². The summed E-state index contributed by atoms with van der Waals surface area (Å²) in [5, 5.41) is 6.56. The fraction of sp³-hybridized carbons (Fsp3) is 0.393. The molecule has 2 saturated heterocycles. The van der Waals surface area contributed by atoms with Gasteiger partial charge in [0.05, 0.1) is 29.0 Å². The van der Waals surface area contributed by atoms with E-state index in [4.69, 9.17) is 11.6 Å². The first kappa shape index (κ1) is 29.6. The van der Waals surface area contributed by atoms with E-state index in [2.05, 4.69) is 20.4 Å². The monoisotopic (exact) mass is 608 g/mol. The van der Waals surface area contributed by atoms with E-state index in [1.165, 1.54) is 10.8 Å². The number of carbonyl (C=O) groups excluding carboxylic acids is 2. The van der Waals surface area contributed by atoms with Crippen LogP contribution in [0.1, 0.15) is 22.6 Å². The van der Waals surface area contributed by atoms with Gasteiger partial charge in [-0.1, -0.05) is 11.6 Å². The van der Waals surface area contributed by atoms with Crippen LogP contribution in [-0.4, -0.2) is 77.0 Å². The summed E-state index contributed by atoms with van der Waals surface area (Å²) in [6.45, 7) is 0.464. The lowest BCUT2D eigenvalue weighted by Gasteiger charge is -2.36. The van der Waals surface area contributed by atoms with E-state index in [-0.39, 0.29) is 34.6 Å². The van der Waals surface area contributed by atoms with E-state index >= 15 is 0 Å². The smallest absolute Gasteiger partial charge is 0.387 e. The molecule has 0 bridgehead atoms. The number of alkyl halides is 2. The number of nitrogens with zero attached hydrogens (tertiary/aromatic N) is 4. The van der Waals surface area contributed by atoms with E-state index in [9.17, 15) is 27.2 Å². The number of anilines is 1. The van der Waals surface area contributed by atoms with Crippen LogP contribution in [-0.2, 0) is 18.4 Å². The Morgan fingerprint density at radius 3 is 2.45 bits per heavy atom. The highest BCUT2D eigenvalue weighted by Crippen LogP contribution is 2.31. The zero-order chi connectivity index (χ0) is 30.0. The van der Waals surface area contributed by atoms with Crippen LogP contribution in [0.15, 0.2) is 36.5 Å². The number of aromatic nitrogens is 2. The number of benzene rings is 2. The molecule has 0 aliphatic carbocycles. The number of imidazole rings is 1. The maximum atomic E-state index is 14.6. The van der Waals surface area contributed by atoms with Crippen LogP contribution in [0.5, 0.6) is 5.75 Å². The van der Waals surface area contributed by atoms with Gasteiger partial charge in [-0.25, -0.2) is 9.37 Å². The lowest BCUT2D eigenvalue weighted by Crippen LogP contribution is -2.52.